The molecule has 78 valence electrons. The van der Waals surface area contributed by atoms with Crippen molar-refractivity contribution in [1.82, 2.24) is 0 Å². The molecule has 0 aliphatic heterocycles. The number of thiophene rings is 1. The summed E-state index contributed by atoms with van der Waals surface area (Å²) in [6, 6.07) is 2.23. The number of halogens is 1. The first-order valence-electron chi connectivity index (χ1n) is 5.45. The molecule has 0 nitrogen and oxygen atoms in total. The third-order valence-electron chi connectivity index (χ3n) is 3.13. The van der Waals surface area contributed by atoms with Crippen LogP contribution in [0.5, 0.6) is 0 Å². The minimum Gasteiger partial charge on any atom is -0.148 e. The maximum Gasteiger partial charge on any atom is 0.0342 e. The largest absolute Gasteiger partial charge is 0.148 e. The van der Waals surface area contributed by atoms with E-state index in [1.807, 2.05) is 11.3 Å². The van der Waals surface area contributed by atoms with Crippen LogP contribution in [-0.4, -0.2) is 5.38 Å². The van der Waals surface area contributed by atoms with E-state index >= 15 is 0 Å². The summed E-state index contributed by atoms with van der Waals surface area (Å²) >= 11 is 8.20. The second-order valence-corrected chi connectivity index (χ2v) is 5.85. The lowest BCUT2D eigenvalue weighted by molar-refractivity contribution is 0.602. The number of hydrogen-bond donors (Lipinski definition) is 0. The Morgan fingerprint density at radius 1 is 1.36 bits per heavy atom. The van der Waals surface area contributed by atoms with Gasteiger partial charge in [-0.1, -0.05) is 12.8 Å². The van der Waals surface area contributed by atoms with Gasteiger partial charge in [-0.3, -0.25) is 0 Å². The molecule has 0 saturated heterocycles. The van der Waals surface area contributed by atoms with E-state index in [4.69, 9.17) is 11.6 Å². The smallest absolute Gasteiger partial charge is 0.0342 e. The maximum atomic E-state index is 6.29. The third-order valence-corrected chi connectivity index (χ3v) is 4.71. The van der Waals surface area contributed by atoms with Crippen molar-refractivity contribution in [2.75, 3.05) is 0 Å². The van der Waals surface area contributed by atoms with E-state index in [9.17, 15) is 0 Å². The first-order chi connectivity index (χ1) is 6.77. The van der Waals surface area contributed by atoms with E-state index in [1.54, 1.807) is 4.88 Å². The zero-order chi connectivity index (χ0) is 9.97. The molecule has 2 heteroatoms. The number of aryl methyl sites for hydroxylation is 1. The molecule has 2 atom stereocenters. The van der Waals surface area contributed by atoms with Crippen LogP contribution < -0.4 is 0 Å². The molecule has 0 bridgehead atoms. The van der Waals surface area contributed by atoms with Crippen molar-refractivity contribution in [3.05, 3.63) is 21.9 Å². The maximum absolute atomic E-state index is 6.29. The molecule has 1 aromatic rings. The van der Waals surface area contributed by atoms with Crippen molar-refractivity contribution in [2.45, 2.75) is 50.3 Å². The van der Waals surface area contributed by atoms with Crippen molar-refractivity contribution >= 4 is 22.9 Å². The van der Waals surface area contributed by atoms with Crippen molar-refractivity contribution in [3.8, 4) is 0 Å². The lowest BCUT2D eigenvalue weighted by Gasteiger charge is -2.15. The fourth-order valence-corrected chi connectivity index (χ4v) is 3.79. The minimum atomic E-state index is 0.406. The lowest BCUT2D eigenvalue weighted by atomic mass is 9.96. The lowest BCUT2D eigenvalue weighted by Crippen LogP contribution is -2.03. The van der Waals surface area contributed by atoms with Crippen molar-refractivity contribution in [2.24, 2.45) is 0 Å². The van der Waals surface area contributed by atoms with E-state index in [2.05, 4.69) is 18.4 Å². The average Bonchev–Trinajstić information content (AvgIpc) is 2.45. The molecular weight excluding hydrogens is 212 g/mol. The normalized spacial score (nSPS) is 28.7. The topological polar surface area (TPSA) is 0 Å². The average molecular weight is 229 g/mol. The summed E-state index contributed by atoms with van der Waals surface area (Å²) in [6.07, 6.45) is 6.40. The van der Waals surface area contributed by atoms with Gasteiger partial charge in [-0.05, 0) is 49.1 Å². The molecule has 1 aromatic heterocycles. The van der Waals surface area contributed by atoms with Crippen LogP contribution in [-0.2, 0) is 0 Å². The van der Waals surface area contributed by atoms with E-state index in [0.29, 0.717) is 5.38 Å². The molecule has 1 fully saturated rings. The van der Waals surface area contributed by atoms with E-state index in [1.165, 1.54) is 37.7 Å². The monoisotopic (exact) mass is 228 g/mol. The third kappa shape index (κ3) is 2.32. The standard InChI is InChI=1S/C12H17ClS/c1-9-6-7-14-12(9)10-4-2-3-5-11(13)8-10/h6-7,10-11H,2-5,8H2,1H3. The first kappa shape index (κ1) is 10.5. The van der Waals surface area contributed by atoms with Gasteiger partial charge in [-0.2, -0.15) is 0 Å². The highest BCUT2D eigenvalue weighted by atomic mass is 35.5. The summed E-state index contributed by atoms with van der Waals surface area (Å²) < 4.78 is 0. The second-order valence-electron chi connectivity index (χ2n) is 4.28. The molecule has 1 saturated carbocycles. The van der Waals surface area contributed by atoms with Gasteiger partial charge in [0.05, 0.1) is 0 Å². The molecule has 0 aromatic carbocycles. The van der Waals surface area contributed by atoms with Crippen molar-refractivity contribution in [3.63, 3.8) is 0 Å². The van der Waals surface area contributed by atoms with Crippen LogP contribution in [0.25, 0.3) is 0 Å². The Morgan fingerprint density at radius 2 is 2.14 bits per heavy atom. The highest BCUT2D eigenvalue weighted by molar-refractivity contribution is 7.10. The van der Waals surface area contributed by atoms with E-state index in [-0.39, 0.29) is 0 Å². The summed E-state index contributed by atoms with van der Waals surface area (Å²) in [6.45, 7) is 2.22. The Labute approximate surface area is 95.3 Å². The molecule has 14 heavy (non-hydrogen) atoms. The first-order valence-corrected chi connectivity index (χ1v) is 6.77. The second kappa shape index (κ2) is 4.67. The van der Waals surface area contributed by atoms with Gasteiger partial charge in [0, 0.05) is 10.3 Å². The Kier molecular flexibility index (Phi) is 3.51. The fourth-order valence-electron chi connectivity index (χ4n) is 2.34. The van der Waals surface area contributed by atoms with Gasteiger partial charge in [0.2, 0.25) is 0 Å². The molecule has 2 unspecified atom stereocenters. The van der Waals surface area contributed by atoms with Gasteiger partial charge < -0.3 is 0 Å². The highest BCUT2D eigenvalue weighted by Crippen LogP contribution is 2.37. The molecular formula is C12H17ClS. The summed E-state index contributed by atoms with van der Waals surface area (Å²) in [5.74, 6) is 0.736. The van der Waals surface area contributed by atoms with Crippen LogP contribution in [0.3, 0.4) is 0 Å². The van der Waals surface area contributed by atoms with Gasteiger partial charge in [-0.25, -0.2) is 0 Å². The zero-order valence-electron chi connectivity index (χ0n) is 8.63. The van der Waals surface area contributed by atoms with Crippen LogP contribution in [0.2, 0.25) is 0 Å². The Bertz CT molecular complexity index is 292. The summed E-state index contributed by atoms with van der Waals surface area (Å²) in [5, 5.41) is 2.61. The van der Waals surface area contributed by atoms with Crippen LogP contribution >= 0.6 is 22.9 Å². The highest BCUT2D eigenvalue weighted by Gasteiger charge is 2.21. The van der Waals surface area contributed by atoms with Crippen LogP contribution in [0, 0.1) is 6.92 Å². The van der Waals surface area contributed by atoms with E-state index < -0.39 is 0 Å². The van der Waals surface area contributed by atoms with Crippen LogP contribution in [0.4, 0.5) is 0 Å². The minimum absolute atomic E-state index is 0.406. The van der Waals surface area contributed by atoms with Gasteiger partial charge in [0.25, 0.3) is 0 Å². The van der Waals surface area contributed by atoms with E-state index in [0.717, 1.165) is 5.92 Å². The summed E-state index contributed by atoms with van der Waals surface area (Å²) in [4.78, 5) is 1.58. The molecule has 1 aliphatic rings. The predicted molar refractivity (Wildman–Crippen MR) is 64.5 cm³/mol. The van der Waals surface area contributed by atoms with Gasteiger partial charge >= 0.3 is 0 Å². The number of hydrogen-bond acceptors (Lipinski definition) is 1. The Hall–Kier alpha value is -0.0100. The predicted octanol–water partition coefficient (Wildman–Crippen LogP) is 4.71. The quantitative estimate of drug-likeness (QED) is 0.482. The van der Waals surface area contributed by atoms with Crippen molar-refractivity contribution in [1.29, 1.82) is 0 Å². The number of rotatable bonds is 1. The summed E-state index contributed by atoms with van der Waals surface area (Å²) in [7, 11) is 0. The fraction of sp³-hybridized carbons (Fsp3) is 0.667. The Balaban J connectivity index is 2.13. The molecule has 0 amide bonds. The molecule has 0 spiro atoms. The zero-order valence-corrected chi connectivity index (χ0v) is 10.2. The molecule has 2 rings (SSSR count). The van der Waals surface area contributed by atoms with Gasteiger partial charge in [0.15, 0.2) is 0 Å². The molecule has 0 N–H and O–H groups in total. The van der Waals surface area contributed by atoms with Crippen LogP contribution in [0.15, 0.2) is 11.4 Å². The SMILES string of the molecule is Cc1ccsc1C1CCCCC(Cl)C1. The van der Waals surface area contributed by atoms with Gasteiger partial charge in [-0.15, -0.1) is 22.9 Å². The Morgan fingerprint density at radius 3 is 2.86 bits per heavy atom. The molecule has 0 radical (unpaired) electrons. The summed E-state index contributed by atoms with van der Waals surface area (Å²) in [5.41, 5.74) is 1.46. The molecule has 1 heterocycles. The van der Waals surface area contributed by atoms with Crippen molar-refractivity contribution < 1.29 is 0 Å². The number of alkyl halides is 1. The molecule has 1 aliphatic carbocycles. The van der Waals surface area contributed by atoms with Gasteiger partial charge in [0.1, 0.15) is 0 Å². The van der Waals surface area contributed by atoms with Crippen LogP contribution in [0.1, 0.15) is 48.5 Å².